The maximum absolute atomic E-state index is 11.6. The minimum atomic E-state index is -0.0111. The van der Waals surface area contributed by atoms with Gasteiger partial charge in [0.2, 0.25) is 5.91 Å². The Kier molecular flexibility index (Phi) is 4.63. The van der Waals surface area contributed by atoms with Crippen LogP contribution in [0.1, 0.15) is 12.8 Å². The molecule has 1 aromatic carbocycles. The molecule has 0 spiro atoms. The first kappa shape index (κ1) is 13.7. The SMILES string of the molecule is COc1ccc(OC2CCCN(C(=O)CN)C2)cc1. The Bertz CT molecular complexity index is 419. The number of hydrogen-bond donors (Lipinski definition) is 1. The van der Waals surface area contributed by atoms with Gasteiger partial charge in [-0.3, -0.25) is 4.79 Å². The quantitative estimate of drug-likeness (QED) is 0.882. The lowest BCUT2D eigenvalue weighted by molar-refractivity contribution is -0.132. The van der Waals surface area contributed by atoms with Gasteiger partial charge in [-0.25, -0.2) is 0 Å². The molecule has 104 valence electrons. The molecule has 1 unspecified atom stereocenters. The molecular formula is C14H20N2O3. The van der Waals surface area contributed by atoms with Crippen molar-refractivity contribution in [3.05, 3.63) is 24.3 Å². The van der Waals surface area contributed by atoms with Crippen LogP contribution >= 0.6 is 0 Å². The van der Waals surface area contributed by atoms with Crippen molar-refractivity contribution in [3.63, 3.8) is 0 Å². The van der Waals surface area contributed by atoms with Crippen molar-refractivity contribution in [2.75, 3.05) is 26.7 Å². The van der Waals surface area contributed by atoms with Gasteiger partial charge in [0.25, 0.3) is 0 Å². The first-order valence-corrected chi connectivity index (χ1v) is 6.51. The second-order valence-electron chi connectivity index (χ2n) is 4.60. The average Bonchev–Trinajstić information content (AvgIpc) is 2.47. The third-order valence-electron chi connectivity index (χ3n) is 3.27. The Morgan fingerprint density at radius 3 is 2.68 bits per heavy atom. The number of rotatable bonds is 4. The van der Waals surface area contributed by atoms with E-state index in [2.05, 4.69) is 0 Å². The van der Waals surface area contributed by atoms with E-state index in [1.807, 2.05) is 24.3 Å². The van der Waals surface area contributed by atoms with E-state index in [0.29, 0.717) is 6.54 Å². The van der Waals surface area contributed by atoms with Crippen LogP contribution in [-0.4, -0.2) is 43.7 Å². The number of carbonyl (C=O) groups excluding carboxylic acids is 1. The molecule has 0 aromatic heterocycles. The number of likely N-dealkylation sites (tertiary alicyclic amines) is 1. The highest BCUT2D eigenvalue weighted by molar-refractivity contribution is 5.78. The molecule has 1 saturated heterocycles. The van der Waals surface area contributed by atoms with Crippen molar-refractivity contribution < 1.29 is 14.3 Å². The number of nitrogens with zero attached hydrogens (tertiary/aromatic N) is 1. The van der Waals surface area contributed by atoms with Crippen molar-refractivity contribution in [1.29, 1.82) is 0 Å². The number of methoxy groups -OCH3 is 1. The molecule has 1 aromatic rings. The van der Waals surface area contributed by atoms with E-state index in [9.17, 15) is 4.79 Å². The van der Waals surface area contributed by atoms with Gasteiger partial charge < -0.3 is 20.1 Å². The summed E-state index contributed by atoms with van der Waals surface area (Å²) in [6, 6.07) is 7.48. The molecule has 1 atom stereocenters. The molecule has 2 N–H and O–H groups in total. The number of ether oxygens (including phenoxy) is 2. The van der Waals surface area contributed by atoms with Crippen LogP contribution in [0.5, 0.6) is 11.5 Å². The minimum absolute atomic E-state index is 0.0111. The first-order valence-electron chi connectivity index (χ1n) is 6.51. The van der Waals surface area contributed by atoms with Gasteiger partial charge in [-0.2, -0.15) is 0 Å². The summed E-state index contributed by atoms with van der Waals surface area (Å²) in [6.07, 6.45) is 1.95. The number of hydrogen-bond acceptors (Lipinski definition) is 4. The Morgan fingerprint density at radius 2 is 2.05 bits per heavy atom. The molecule has 5 nitrogen and oxygen atoms in total. The maximum atomic E-state index is 11.6. The van der Waals surface area contributed by atoms with Crippen LogP contribution in [0.25, 0.3) is 0 Å². The number of benzene rings is 1. The van der Waals surface area contributed by atoms with Gasteiger partial charge in [-0.05, 0) is 37.1 Å². The fourth-order valence-corrected chi connectivity index (χ4v) is 2.24. The zero-order valence-corrected chi connectivity index (χ0v) is 11.2. The second-order valence-corrected chi connectivity index (χ2v) is 4.60. The first-order chi connectivity index (χ1) is 9.22. The zero-order valence-electron chi connectivity index (χ0n) is 11.2. The molecule has 0 radical (unpaired) electrons. The fraction of sp³-hybridized carbons (Fsp3) is 0.500. The van der Waals surface area contributed by atoms with Gasteiger partial charge in [0.1, 0.15) is 17.6 Å². The number of amides is 1. The molecule has 0 saturated carbocycles. The van der Waals surface area contributed by atoms with Crippen molar-refractivity contribution in [2.24, 2.45) is 5.73 Å². The zero-order chi connectivity index (χ0) is 13.7. The summed E-state index contributed by atoms with van der Waals surface area (Å²) in [5.41, 5.74) is 5.39. The van der Waals surface area contributed by atoms with Gasteiger partial charge in [-0.1, -0.05) is 0 Å². The van der Waals surface area contributed by atoms with Crippen LogP contribution in [0.3, 0.4) is 0 Å². The third-order valence-corrected chi connectivity index (χ3v) is 3.27. The predicted molar refractivity (Wildman–Crippen MR) is 72.3 cm³/mol. The van der Waals surface area contributed by atoms with E-state index in [0.717, 1.165) is 30.9 Å². The van der Waals surface area contributed by atoms with Crippen LogP contribution in [-0.2, 0) is 4.79 Å². The molecule has 0 aliphatic carbocycles. The van der Waals surface area contributed by atoms with Gasteiger partial charge in [-0.15, -0.1) is 0 Å². The molecule has 1 aliphatic rings. The smallest absolute Gasteiger partial charge is 0.236 e. The summed E-state index contributed by atoms with van der Waals surface area (Å²) >= 11 is 0. The maximum Gasteiger partial charge on any atom is 0.236 e. The van der Waals surface area contributed by atoms with Crippen molar-refractivity contribution in [3.8, 4) is 11.5 Å². The lowest BCUT2D eigenvalue weighted by Gasteiger charge is -2.32. The molecule has 1 aliphatic heterocycles. The normalized spacial score (nSPS) is 19.1. The molecule has 1 heterocycles. The Morgan fingerprint density at radius 1 is 1.37 bits per heavy atom. The van der Waals surface area contributed by atoms with E-state index in [1.54, 1.807) is 12.0 Å². The monoisotopic (exact) mass is 264 g/mol. The Balaban J connectivity index is 1.92. The Labute approximate surface area is 113 Å². The largest absolute Gasteiger partial charge is 0.497 e. The summed E-state index contributed by atoms with van der Waals surface area (Å²) in [5, 5.41) is 0. The third kappa shape index (κ3) is 3.61. The minimum Gasteiger partial charge on any atom is -0.497 e. The van der Waals surface area contributed by atoms with E-state index >= 15 is 0 Å². The highest BCUT2D eigenvalue weighted by Crippen LogP contribution is 2.21. The molecule has 0 bridgehead atoms. The van der Waals surface area contributed by atoms with Crippen LogP contribution in [0.2, 0.25) is 0 Å². The van der Waals surface area contributed by atoms with Gasteiger partial charge >= 0.3 is 0 Å². The number of nitrogens with two attached hydrogens (primary N) is 1. The summed E-state index contributed by atoms with van der Waals surface area (Å²) in [7, 11) is 1.63. The van der Waals surface area contributed by atoms with E-state index in [4.69, 9.17) is 15.2 Å². The predicted octanol–water partition coefficient (Wildman–Crippen LogP) is 1.02. The number of carbonyl (C=O) groups is 1. The van der Waals surface area contributed by atoms with Crippen LogP contribution in [0, 0.1) is 0 Å². The van der Waals surface area contributed by atoms with Crippen LogP contribution < -0.4 is 15.2 Å². The molecule has 1 amide bonds. The van der Waals surface area contributed by atoms with Crippen LogP contribution in [0.4, 0.5) is 0 Å². The summed E-state index contributed by atoms with van der Waals surface area (Å²) in [4.78, 5) is 13.4. The van der Waals surface area contributed by atoms with Crippen molar-refractivity contribution in [1.82, 2.24) is 4.90 Å². The van der Waals surface area contributed by atoms with Gasteiger partial charge in [0.05, 0.1) is 20.2 Å². The van der Waals surface area contributed by atoms with Crippen LogP contribution in [0.15, 0.2) is 24.3 Å². The van der Waals surface area contributed by atoms with E-state index < -0.39 is 0 Å². The van der Waals surface area contributed by atoms with Crippen molar-refractivity contribution >= 4 is 5.91 Å². The lowest BCUT2D eigenvalue weighted by Crippen LogP contribution is -2.46. The molecular weight excluding hydrogens is 244 g/mol. The fourth-order valence-electron chi connectivity index (χ4n) is 2.24. The number of piperidine rings is 1. The molecule has 1 fully saturated rings. The molecule has 5 heteroatoms. The highest BCUT2D eigenvalue weighted by atomic mass is 16.5. The van der Waals surface area contributed by atoms with Gasteiger partial charge in [0, 0.05) is 6.54 Å². The molecule has 19 heavy (non-hydrogen) atoms. The highest BCUT2D eigenvalue weighted by Gasteiger charge is 2.23. The van der Waals surface area contributed by atoms with Gasteiger partial charge in [0.15, 0.2) is 0 Å². The average molecular weight is 264 g/mol. The second kappa shape index (κ2) is 6.43. The summed E-state index contributed by atoms with van der Waals surface area (Å²) in [5.74, 6) is 1.59. The van der Waals surface area contributed by atoms with E-state index in [1.165, 1.54) is 0 Å². The summed E-state index contributed by atoms with van der Waals surface area (Å²) in [6.45, 7) is 1.45. The van der Waals surface area contributed by atoms with E-state index in [-0.39, 0.29) is 18.6 Å². The topological polar surface area (TPSA) is 64.8 Å². The summed E-state index contributed by atoms with van der Waals surface area (Å²) < 4.78 is 11.0. The standard InChI is InChI=1S/C14H20N2O3/c1-18-11-4-6-12(7-5-11)19-13-3-2-8-16(10-13)14(17)9-15/h4-7,13H,2-3,8-10,15H2,1H3. The Hall–Kier alpha value is -1.75. The van der Waals surface area contributed by atoms with Crippen molar-refractivity contribution in [2.45, 2.75) is 18.9 Å². The lowest BCUT2D eigenvalue weighted by atomic mass is 10.1. The molecule has 2 rings (SSSR count).